The van der Waals surface area contributed by atoms with Gasteiger partial charge in [-0.3, -0.25) is 0 Å². The zero-order chi connectivity index (χ0) is 19.6. The lowest BCUT2D eigenvalue weighted by Gasteiger charge is -2.33. The van der Waals surface area contributed by atoms with Crippen molar-refractivity contribution in [2.45, 2.75) is 37.7 Å². The molecule has 5 rings (SSSR count). The number of anilines is 4. The Morgan fingerprint density at radius 1 is 0.931 bits per heavy atom. The highest BCUT2D eigenvalue weighted by Crippen LogP contribution is 2.39. The fourth-order valence-corrected chi connectivity index (χ4v) is 4.20. The Morgan fingerprint density at radius 2 is 1.72 bits per heavy atom. The van der Waals surface area contributed by atoms with E-state index in [1.54, 1.807) is 0 Å². The molecule has 4 heterocycles. The summed E-state index contributed by atoms with van der Waals surface area (Å²) in [5, 5.41) is 16.7. The Hall–Kier alpha value is -2.38. The maximum atomic E-state index is 9.86. The quantitative estimate of drug-likeness (QED) is 0.719. The van der Waals surface area contributed by atoms with Crippen LogP contribution < -0.4 is 20.4 Å². The zero-order valence-corrected chi connectivity index (χ0v) is 16.8. The molecule has 3 N–H and O–H groups in total. The van der Waals surface area contributed by atoms with Crippen molar-refractivity contribution >= 4 is 23.1 Å². The molecule has 2 aliphatic heterocycles. The van der Waals surface area contributed by atoms with Crippen molar-refractivity contribution in [3.63, 3.8) is 0 Å². The second-order valence-electron chi connectivity index (χ2n) is 8.40. The second kappa shape index (κ2) is 8.16. The molecule has 0 bridgehead atoms. The van der Waals surface area contributed by atoms with Crippen LogP contribution in [0.25, 0.3) is 0 Å². The van der Waals surface area contributed by atoms with Crippen LogP contribution in [0, 0.1) is 0 Å². The summed E-state index contributed by atoms with van der Waals surface area (Å²) in [4.78, 5) is 14.2. The Bertz CT molecular complexity index is 824. The Morgan fingerprint density at radius 3 is 2.41 bits per heavy atom. The maximum Gasteiger partial charge on any atom is 0.136 e. The van der Waals surface area contributed by atoms with Gasteiger partial charge in [0.25, 0.3) is 0 Å². The molecule has 154 valence electrons. The number of hydrogen-bond donors (Lipinski definition) is 3. The lowest BCUT2D eigenvalue weighted by Crippen LogP contribution is -2.43. The van der Waals surface area contributed by atoms with Crippen molar-refractivity contribution < 1.29 is 5.11 Å². The molecule has 3 aliphatic rings. The van der Waals surface area contributed by atoms with E-state index < -0.39 is 0 Å². The van der Waals surface area contributed by atoms with Gasteiger partial charge in [0, 0.05) is 63.3 Å². The predicted molar refractivity (Wildman–Crippen MR) is 116 cm³/mol. The molecule has 29 heavy (non-hydrogen) atoms. The molecule has 0 atom stereocenters. The van der Waals surface area contributed by atoms with Crippen molar-refractivity contribution in [1.82, 2.24) is 15.3 Å². The van der Waals surface area contributed by atoms with E-state index in [1.165, 1.54) is 24.1 Å². The predicted octanol–water partition coefficient (Wildman–Crippen LogP) is 2.47. The van der Waals surface area contributed by atoms with E-state index >= 15 is 0 Å². The molecule has 0 spiro atoms. The Balaban J connectivity index is 1.40. The number of aliphatic hydroxyl groups is 1. The van der Waals surface area contributed by atoms with Crippen LogP contribution in [-0.4, -0.2) is 60.4 Å². The van der Waals surface area contributed by atoms with Gasteiger partial charge in [-0.1, -0.05) is 6.07 Å². The molecule has 0 amide bonds. The highest BCUT2D eigenvalue weighted by atomic mass is 16.3. The van der Waals surface area contributed by atoms with Gasteiger partial charge in [-0.25, -0.2) is 9.97 Å². The van der Waals surface area contributed by atoms with Gasteiger partial charge in [0.1, 0.15) is 17.5 Å². The second-order valence-corrected chi connectivity index (χ2v) is 8.40. The van der Waals surface area contributed by atoms with Crippen LogP contribution in [0.2, 0.25) is 0 Å². The van der Waals surface area contributed by atoms with E-state index in [-0.39, 0.29) is 6.10 Å². The van der Waals surface area contributed by atoms with Gasteiger partial charge in [0.15, 0.2) is 0 Å². The number of pyridine rings is 2. The molecule has 1 aliphatic carbocycles. The summed E-state index contributed by atoms with van der Waals surface area (Å²) in [5.74, 6) is 3.35. The third kappa shape index (κ3) is 4.46. The first-order chi connectivity index (χ1) is 14.2. The Kier molecular flexibility index (Phi) is 5.24. The molecule has 7 nitrogen and oxygen atoms in total. The van der Waals surface area contributed by atoms with E-state index in [0.717, 1.165) is 69.6 Å². The van der Waals surface area contributed by atoms with Crippen molar-refractivity contribution in [3.05, 3.63) is 36.0 Å². The minimum absolute atomic E-state index is 0.186. The Labute approximate surface area is 172 Å². The number of rotatable bonds is 5. The average molecular weight is 395 g/mol. The monoisotopic (exact) mass is 394 g/mol. The normalized spacial score (nSPS) is 20.7. The molecule has 1 saturated carbocycles. The smallest absolute Gasteiger partial charge is 0.136 e. The third-order valence-electron chi connectivity index (χ3n) is 6.16. The molecule has 7 heteroatoms. The van der Waals surface area contributed by atoms with Crippen LogP contribution in [0.3, 0.4) is 0 Å². The number of hydrogen-bond acceptors (Lipinski definition) is 7. The number of piperidine rings is 1. The van der Waals surface area contributed by atoms with E-state index in [4.69, 9.17) is 4.98 Å². The van der Waals surface area contributed by atoms with Crippen LogP contribution in [0.5, 0.6) is 0 Å². The summed E-state index contributed by atoms with van der Waals surface area (Å²) in [7, 11) is 0. The minimum atomic E-state index is -0.186. The fraction of sp³-hybridized carbons (Fsp3) is 0.545. The summed E-state index contributed by atoms with van der Waals surface area (Å²) < 4.78 is 0. The molecular weight excluding hydrogens is 364 g/mol. The van der Waals surface area contributed by atoms with Crippen LogP contribution in [0.4, 0.5) is 23.1 Å². The summed E-state index contributed by atoms with van der Waals surface area (Å²) >= 11 is 0. The van der Waals surface area contributed by atoms with Gasteiger partial charge < -0.3 is 25.5 Å². The lowest BCUT2D eigenvalue weighted by molar-refractivity contribution is 0.145. The zero-order valence-electron chi connectivity index (χ0n) is 16.8. The van der Waals surface area contributed by atoms with Crippen LogP contribution in [0.1, 0.15) is 37.2 Å². The van der Waals surface area contributed by atoms with Crippen molar-refractivity contribution in [3.8, 4) is 0 Å². The standard InChI is InChI=1S/C22H30N6O/c29-19-5-9-28(10-6-19)22-14-18(27-11-7-23-8-12-27)13-21(26-22)25-20-4-3-17(15-24-20)16-1-2-16/h3-4,13-16,19,23,29H,1-2,5-12H2,(H,24,25,26). The molecule has 2 saturated heterocycles. The summed E-state index contributed by atoms with van der Waals surface area (Å²) in [6.07, 6.45) is 5.98. The highest BCUT2D eigenvalue weighted by Gasteiger charge is 2.24. The van der Waals surface area contributed by atoms with Gasteiger partial charge in [-0.15, -0.1) is 0 Å². The average Bonchev–Trinajstić information content (AvgIpc) is 3.61. The fourth-order valence-electron chi connectivity index (χ4n) is 4.20. The number of aromatic nitrogens is 2. The summed E-state index contributed by atoms with van der Waals surface area (Å²) in [5.41, 5.74) is 2.53. The van der Waals surface area contributed by atoms with Gasteiger partial charge in [0.2, 0.25) is 0 Å². The molecule has 2 aromatic heterocycles. The van der Waals surface area contributed by atoms with Crippen LogP contribution in [-0.2, 0) is 0 Å². The highest BCUT2D eigenvalue weighted by molar-refractivity contribution is 5.65. The first-order valence-electron chi connectivity index (χ1n) is 10.9. The molecule has 0 aromatic carbocycles. The molecule has 2 aromatic rings. The number of aliphatic hydroxyl groups excluding tert-OH is 1. The van der Waals surface area contributed by atoms with E-state index in [0.29, 0.717) is 5.92 Å². The number of piperazine rings is 1. The number of nitrogens with zero attached hydrogens (tertiary/aromatic N) is 4. The van der Waals surface area contributed by atoms with Gasteiger partial charge >= 0.3 is 0 Å². The molecule has 0 unspecified atom stereocenters. The summed E-state index contributed by atoms with van der Waals surface area (Å²) in [6, 6.07) is 8.56. The van der Waals surface area contributed by atoms with Gasteiger partial charge in [-0.05, 0) is 43.2 Å². The van der Waals surface area contributed by atoms with Gasteiger partial charge in [-0.2, -0.15) is 0 Å². The number of nitrogens with one attached hydrogen (secondary N) is 2. The van der Waals surface area contributed by atoms with Crippen molar-refractivity contribution in [2.75, 3.05) is 54.4 Å². The third-order valence-corrected chi connectivity index (χ3v) is 6.16. The molecule has 3 fully saturated rings. The van der Waals surface area contributed by atoms with E-state index in [9.17, 15) is 5.11 Å². The van der Waals surface area contributed by atoms with E-state index in [2.05, 4.69) is 49.7 Å². The lowest BCUT2D eigenvalue weighted by atomic mass is 10.1. The van der Waals surface area contributed by atoms with Crippen molar-refractivity contribution in [1.29, 1.82) is 0 Å². The van der Waals surface area contributed by atoms with Crippen LogP contribution in [0.15, 0.2) is 30.5 Å². The summed E-state index contributed by atoms with van der Waals surface area (Å²) in [6.45, 7) is 5.67. The van der Waals surface area contributed by atoms with Gasteiger partial charge in [0.05, 0.1) is 6.10 Å². The van der Waals surface area contributed by atoms with Crippen LogP contribution >= 0.6 is 0 Å². The first kappa shape index (κ1) is 18.6. The molecule has 0 radical (unpaired) electrons. The molecular formula is C22H30N6O. The minimum Gasteiger partial charge on any atom is -0.393 e. The topological polar surface area (TPSA) is 76.6 Å². The van der Waals surface area contributed by atoms with Crippen molar-refractivity contribution in [2.24, 2.45) is 0 Å². The largest absolute Gasteiger partial charge is 0.393 e. The first-order valence-corrected chi connectivity index (χ1v) is 10.9. The maximum absolute atomic E-state index is 9.86. The SMILES string of the molecule is OC1CCN(c2cc(N3CCNCC3)cc(Nc3ccc(C4CC4)cn3)n2)CC1. The van der Waals surface area contributed by atoms with E-state index in [1.807, 2.05) is 6.20 Å².